The second-order valence-electron chi connectivity index (χ2n) is 5.74. The lowest BCUT2D eigenvalue weighted by Gasteiger charge is -2.09. The van der Waals surface area contributed by atoms with Gasteiger partial charge in [-0.25, -0.2) is 4.79 Å². The fourth-order valence-corrected chi connectivity index (χ4v) is 2.91. The van der Waals surface area contributed by atoms with Crippen LogP contribution in [0.4, 0.5) is 5.69 Å². The van der Waals surface area contributed by atoms with E-state index in [4.69, 9.17) is 9.47 Å². The Morgan fingerprint density at radius 3 is 2.69 bits per heavy atom. The summed E-state index contributed by atoms with van der Waals surface area (Å²) in [6.45, 7) is 4.51. The van der Waals surface area contributed by atoms with Crippen molar-refractivity contribution >= 4 is 33.5 Å². The van der Waals surface area contributed by atoms with Gasteiger partial charge in [0.05, 0.1) is 23.2 Å². The van der Waals surface area contributed by atoms with Gasteiger partial charge in [0.2, 0.25) is 5.91 Å². The third-order valence-electron chi connectivity index (χ3n) is 3.55. The van der Waals surface area contributed by atoms with Gasteiger partial charge in [-0.05, 0) is 72.1 Å². The number of aryl methyl sites for hydroxylation is 1. The number of anilines is 1. The summed E-state index contributed by atoms with van der Waals surface area (Å²) in [5.41, 5.74) is 2.13. The molecule has 26 heavy (non-hydrogen) atoms. The Bertz CT molecular complexity index is 776. The third-order valence-corrected chi connectivity index (χ3v) is 4.17. The van der Waals surface area contributed by atoms with Gasteiger partial charge in [0, 0.05) is 12.1 Å². The first-order valence-electron chi connectivity index (χ1n) is 8.45. The molecule has 0 bridgehead atoms. The number of hydrogen-bond donors (Lipinski definition) is 1. The number of ether oxygens (including phenoxy) is 2. The van der Waals surface area contributed by atoms with E-state index in [0.717, 1.165) is 15.8 Å². The minimum absolute atomic E-state index is 0.127. The average Bonchev–Trinajstić information content (AvgIpc) is 2.60. The van der Waals surface area contributed by atoms with E-state index in [0.29, 0.717) is 37.3 Å². The van der Waals surface area contributed by atoms with Crippen LogP contribution in [-0.4, -0.2) is 25.1 Å². The van der Waals surface area contributed by atoms with Crippen LogP contribution in [0.1, 0.15) is 35.7 Å². The van der Waals surface area contributed by atoms with Crippen LogP contribution < -0.4 is 10.1 Å². The van der Waals surface area contributed by atoms with E-state index >= 15 is 0 Å². The van der Waals surface area contributed by atoms with Gasteiger partial charge in [-0.3, -0.25) is 4.79 Å². The van der Waals surface area contributed by atoms with Crippen molar-refractivity contribution in [2.24, 2.45) is 0 Å². The molecular formula is C20H22BrNO4. The molecule has 5 nitrogen and oxygen atoms in total. The molecule has 2 aromatic rings. The first-order chi connectivity index (χ1) is 12.5. The minimum atomic E-state index is -0.402. The first kappa shape index (κ1) is 20.0. The van der Waals surface area contributed by atoms with E-state index in [1.54, 1.807) is 31.2 Å². The van der Waals surface area contributed by atoms with E-state index < -0.39 is 5.97 Å². The predicted octanol–water partition coefficient (Wildman–Crippen LogP) is 4.73. The lowest BCUT2D eigenvalue weighted by molar-refractivity contribution is -0.116. The van der Waals surface area contributed by atoms with Gasteiger partial charge < -0.3 is 14.8 Å². The summed E-state index contributed by atoms with van der Waals surface area (Å²) < 4.78 is 11.5. The number of rotatable bonds is 8. The number of esters is 1. The number of carbonyl (C=O) groups is 2. The smallest absolute Gasteiger partial charge is 0.338 e. The first-order valence-corrected chi connectivity index (χ1v) is 9.25. The Kier molecular flexibility index (Phi) is 7.66. The Labute approximate surface area is 161 Å². The lowest BCUT2D eigenvalue weighted by atomic mass is 10.2. The summed E-state index contributed by atoms with van der Waals surface area (Å²) in [5, 5.41) is 2.79. The van der Waals surface area contributed by atoms with E-state index in [9.17, 15) is 9.59 Å². The fourth-order valence-electron chi connectivity index (χ4n) is 2.30. The fraction of sp³-hybridized carbons (Fsp3) is 0.300. The maximum atomic E-state index is 12.1. The van der Waals surface area contributed by atoms with Crippen LogP contribution in [0.2, 0.25) is 0 Å². The van der Waals surface area contributed by atoms with Crippen molar-refractivity contribution in [1.82, 2.24) is 0 Å². The molecule has 0 aliphatic heterocycles. The Morgan fingerprint density at radius 1 is 1.15 bits per heavy atom. The highest BCUT2D eigenvalue weighted by atomic mass is 79.9. The Morgan fingerprint density at radius 2 is 1.96 bits per heavy atom. The molecular weight excluding hydrogens is 398 g/mol. The van der Waals surface area contributed by atoms with Gasteiger partial charge in [0.25, 0.3) is 0 Å². The second kappa shape index (κ2) is 9.97. The van der Waals surface area contributed by atoms with Crippen molar-refractivity contribution in [3.05, 3.63) is 58.1 Å². The highest BCUT2D eigenvalue weighted by molar-refractivity contribution is 9.10. The van der Waals surface area contributed by atoms with Crippen LogP contribution in [0.25, 0.3) is 0 Å². The zero-order chi connectivity index (χ0) is 18.9. The highest BCUT2D eigenvalue weighted by Gasteiger charge is 2.09. The van der Waals surface area contributed by atoms with E-state index in [1.807, 2.05) is 25.1 Å². The highest BCUT2D eigenvalue weighted by Crippen LogP contribution is 2.25. The molecule has 0 unspecified atom stereocenters. The molecule has 0 radical (unpaired) electrons. The monoisotopic (exact) mass is 419 g/mol. The van der Waals surface area contributed by atoms with Crippen LogP contribution in [-0.2, 0) is 9.53 Å². The third kappa shape index (κ3) is 6.19. The van der Waals surface area contributed by atoms with Crippen LogP contribution in [0.5, 0.6) is 5.75 Å². The van der Waals surface area contributed by atoms with Gasteiger partial charge >= 0.3 is 5.97 Å². The molecule has 0 atom stereocenters. The maximum absolute atomic E-state index is 12.1. The van der Waals surface area contributed by atoms with Crippen LogP contribution in [0, 0.1) is 6.92 Å². The zero-order valence-corrected chi connectivity index (χ0v) is 16.5. The standard InChI is InChI=1S/C20H22BrNO4/c1-3-25-20(24)15-6-4-7-16(13-15)22-19(23)8-5-11-26-18-10-9-14(2)12-17(18)21/h4,6-7,9-10,12-13H,3,5,8,11H2,1-2H3,(H,22,23). The zero-order valence-electron chi connectivity index (χ0n) is 14.9. The molecule has 0 aliphatic rings. The van der Waals surface area contributed by atoms with Crippen LogP contribution in [0.3, 0.4) is 0 Å². The number of hydrogen-bond acceptors (Lipinski definition) is 4. The molecule has 2 rings (SSSR count). The van der Waals surface area contributed by atoms with Gasteiger partial charge in [0.1, 0.15) is 5.75 Å². The van der Waals surface area contributed by atoms with Crippen molar-refractivity contribution in [3.8, 4) is 5.75 Å². The molecule has 0 spiro atoms. The Balaban J connectivity index is 1.78. The molecule has 0 aromatic heterocycles. The summed E-state index contributed by atoms with van der Waals surface area (Å²) in [6, 6.07) is 12.6. The summed E-state index contributed by atoms with van der Waals surface area (Å²) in [5.74, 6) is 0.233. The normalized spacial score (nSPS) is 10.3. The topological polar surface area (TPSA) is 64.6 Å². The minimum Gasteiger partial charge on any atom is -0.492 e. The summed E-state index contributed by atoms with van der Waals surface area (Å²) in [4.78, 5) is 23.8. The second-order valence-corrected chi connectivity index (χ2v) is 6.59. The predicted molar refractivity (Wildman–Crippen MR) is 105 cm³/mol. The van der Waals surface area contributed by atoms with Gasteiger partial charge in [-0.1, -0.05) is 12.1 Å². The SMILES string of the molecule is CCOC(=O)c1cccc(NC(=O)CCCOc2ccc(C)cc2Br)c1. The van der Waals surface area contributed by atoms with Crippen molar-refractivity contribution in [3.63, 3.8) is 0 Å². The van der Waals surface area contributed by atoms with Crippen molar-refractivity contribution in [2.75, 3.05) is 18.5 Å². The molecule has 1 N–H and O–H groups in total. The molecule has 0 fully saturated rings. The van der Waals surface area contributed by atoms with Crippen LogP contribution in [0.15, 0.2) is 46.9 Å². The summed E-state index contributed by atoms with van der Waals surface area (Å²) >= 11 is 3.46. The summed E-state index contributed by atoms with van der Waals surface area (Å²) in [7, 11) is 0. The quantitative estimate of drug-likeness (QED) is 0.495. The van der Waals surface area contributed by atoms with Gasteiger partial charge in [-0.15, -0.1) is 0 Å². The van der Waals surface area contributed by atoms with Crippen molar-refractivity contribution in [2.45, 2.75) is 26.7 Å². The Hall–Kier alpha value is -2.34. The molecule has 0 saturated heterocycles. The van der Waals surface area contributed by atoms with E-state index in [1.165, 1.54) is 0 Å². The number of carbonyl (C=O) groups excluding carboxylic acids is 2. The number of nitrogens with one attached hydrogen (secondary N) is 1. The number of benzene rings is 2. The molecule has 2 aromatic carbocycles. The largest absolute Gasteiger partial charge is 0.492 e. The van der Waals surface area contributed by atoms with E-state index in [-0.39, 0.29) is 5.91 Å². The molecule has 138 valence electrons. The average molecular weight is 420 g/mol. The molecule has 6 heteroatoms. The van der Waals surface area contributed by atoms with Crippen molar-refractivity contribution < 1.29 is 19.1 Å². The summed E-state index contributed by atoms with van der Waals surface area (Å²) in [6.07, 6.45) is 0.914. The van der Waals surface area contributed by atoms with Gasteiger partial charge in [0.15, 0.2) is 0 Å². The number of halogens is 1. The molecule has 0 saturated carbocycles. The molecule has 1 amide bonds. The van der Waals surface area contributed by atoms with E-state index in [2.05, 4.69) is 21.2 Å². The number of amides is 1. The van der Waals surface area contributed by atoms with Gasteiger partial charge in [-0.2, -0.15) is 0 Å². The van der Waals surface area contributed by atoms with Crippen LogP contribution >= 0.6 is 15.9 Å². The maximum Gasteiger partial charge on any atom is 0.338 e. The molecule has 0 aliphatic carbocycles. The van der Waals surface area contributed by atoms with Crippen molar-refractivity contribution in [1.29, 1.82) is 0 Å². The molecule has 0 heterocycles. The lowest BCUT2D eigenvalue weighted by Crippen LogP contribution is -2.13.